The van der Waals surface area contributed by atoms with Crippen molar-refractivity contribution < 1.29 is 13.2 Å². The van der Waals surface area contributed by atoms with Gasteiger partial charge in [-0.05, 0) is 41.8 Å². The van der Waals surface area contributed by atoms with Crippen LogP contribution >= 0.6 is 11.3 Å². The largest absolute Gasteiger partial charge is 0.321 e. The quantitative estimate of drug-likeness (QED) is 0.779. The zero-order valence-electron chi connectivity index (χ0n) is 12.4. The number of fused-ring (bicyclic) bond motifs is 1. The van der Waals surface area contributed by atoms with E-state index in [4.69, 9.17) is 0 Å². The van der Waals surface area contributed by atoms with Crippen LogP contribution < -0.4 is 5.32 Å². The van der Waals surface area contributed by atoms with E-state index in [1.54, 1.807) is 19.1 Å². The van der Waals surface area contributed by atoms with Gasteiger partial charge < -0.3 is 5.32 Å². The molecule has 0 unspecified atom stereocenters. The molecule has 0 aliphatic heterocycles. The van der Waals surface area contributed by atoms with Crippen LogP contribution in [-0.2, 0) is 9.84 Å². The highest BCUT2D eigenvalue weighted by Crippen LogP contribution is 2.26. The summed E-state index contributed by atoms with van der Waals surface area (Å²) in [5, 5.41) is 3.83. The van der Waals surface area contributed by atoms with Crippen LogP contribution in [0.5, 0.6) is 0 Å². The molecule has 1 heterocycles. The van der Waals surface area contributed by atoms with Crippen molar-refractivity contribution in [1.82, 2.24) is 0 Å². The molecule has 0 radical (unpaired) electrons. The van der Waals surface area contributed by atoms with Crippen LogP contribution in [0, 0.1) is 0 Å². The van der Waals surface area contributed by atoms with E-state index >= 15 is 0 Å². The molecule has 0 spiro atoms. The van der Waals surface area contributed by atoms with Crippen molar-refractivity contribution in [2.75, 3.05) is 11.1 Å². The van der Waals surface area contributed by atoms with Gasteiger partial charge in [-0.1, -0.05) is 25.1 Å². The first-order valence-electron chi connectivity index (χ1n) is 7.12. The molecule has 3 rings (SSSR count). The van der Waals surface area contributed by atoms with Gasteiger partial charge in [-0.2, -0.15) is 0 Å². The SMILES string of the molecule is CCS(=O)(=O)c1ccc(NC(=O)c2cc3ccccc3s2)cc1. The zero-order valence-corrected chi connectivity index (χ0v) is 14.1. The summed E-state index contributed by atoms with van der Waals surface area (Å²) in [4.78, 5) is 13.2. The Hall–Kier alpha value is -2.18. The summed E-state index contributed by atoms with van der Waals surface area (Å²) in [6, 6.07) is 15.9. The normalized spacial score (nSPS) is 11.5. The number of rotatable bonds is 4. The number of hydrogen-bond acceptors (Lipinski definition) is 4. The topological polar surface area (TPSA) is 63.2 Å². The molecule has 2 aromatic carbocycles. The molecule has 0 bridgehead atoms. The van der Waals surface area contributed by atoms with E-state index in [0.717, 1.165) is 10.1 Å². The maximum Gasteiger partial charge on any atom is 0.265 e. The summed E-state index contributed by atoms with van der Waals surface area (Å²) in [7, 11) is -3.22. The Labute approximate surface area is 138 Å². The van der Waals surface area contributed by atoms with Crippen molar-refractivity contribution in [3.63, 3.8) is 0 Å². The van der Waals surface area contributed by atoms with Crippen molar-refractivity contribution in [3.05, 3.63) is 59.5 Å². The van der Waals surface area contributed by atoms with Crippen molar-refractivity contribution >= 4 is 42.9 Å². The highest BCUT2D eigenvalue weighted by Gasteiger charge is 2.13. The molecule has 118 valence electrons. The smallest absolute Gasteiger partial charge is 0.265 e. The Morgan fingerprint density at radius 1 is 1.09 bits per heavy atom. The number of nitrogens with one attached hydrogen (secondary N) is 1. The number of anilines is 1. The highest BCUT2D eigenvalue weighted by atomic mass is 32.2. The molecule has 6 heteroatoms. The molecule has 1 aromatic heterocycles. The van der Waals surface area contributed by atoms with Gasteiger partial charge in [0.05, 0.1) is 15.5 Å². The van der Waals surface area contributed by atoms with Gasteiger partial charge in [0.1, 0.15) is 0 Å². The first-order chi connectivity index (χ1) is 11.0. The first kappa shape index (κ1) is 15.7. The van der Waals surface area contributed by atoms with Gasteiger partial charge in [0.25, 0.3) is 5.91 Å². The van der Waals surface area contributed by atoms with Gasteiger partial charge in [0.15, 0.2) is 9.84 Å². The van der Waals surface area contributed by atoms with E-state index in [0.29, 0.717) is 10.6 Å². The minimum atomic E-state index is -3.22. The molecule has 1 N–H and O–H groups in total. The molecule has 0 saturated heterocycles. The van der Waals surface area contributed by atoms with E-state index in [1.165, 1.54) is 23.5 Å². The number of benzene rings is 2. The van der Waals surface area contributed by atoms with E-state index in [9.17, 15) is 13.2 Å². The first-order valence-corrected chi connectivity index (χ1v) is 9.59. The lowest BCUT2D eigenvalue weighted by Crippen LogP contribution is -2.10. The minimum Gasteiger partial charge on any atom is -0.321 e. The Morgan fingerprint density at radius 2 is 1.78 bits per heavy atom. The zero-order chi connectivity index (χ0) is 16.4. The van der Waals surface area contributed by atoms with E-state index in [2.05, 4.69) is 5.32 Å². The molecule has 0 aliphatic rings. The van der Waals surface area contributed by atoms with Crippen molar-refractivity contribution in [2.24, 2.45) is 0 Å². The van der Waals surface area contributed by atoms with Gasteiger partial charge in [0, 0.05) is 10.4 Å². The lowest BCUT2D eigenvalue weighted by atomic mass is 10.2. The number of carbonyl (C=O) groups excluding carboxylic acids is 1. The molecular weight excluding hydrogens is 330 g/mol. The molecule has 4 nitrogen and oxygen atoms in total. The van der Waals surface area contributed by atoms with Crippen molar-refractivity contribution in [1.29, 1.82) is 0 Å². The molecule has 0 aliphatic carbocycles. The fourth-order valence-electron chi connectivity index (χ4n) is 2.20. The number of hydrogen-bond donors (Lipinski definition) is 1. The fraction of sp³-hybridized carbons (Fsp3) is 0.118. The average molecular weight is 345 g/mol. The van der Waals surface area contributed by atoms with Gasteiger partial charge >= 0.3 is 0 Å². The van der Waals surface area contributed by atoms with Crippen LogP contribution in [0.3, 0.4) is 0 Å². The fourth-order valence-corrected chi connectivity index (χ4v) is 4.04. The maximum atomic E-state index is 12.3. The van der Waals surface area contributed by atoms with Crippen molar-refractivity contribution in [3.8, 4) is 0 Å². The Kier molecular flexibility index (Phi) is 4.19. The van der Waals surface area contributed by atoms with Gasteiger partial charge in [-0.3, -0.25) is 4.79 Å². The Morgan fingerprint density at radius 3 is 2.43 bits per heavy atom. The predicted octanol–water partition coefficient (Wildman–Crippen LogP) is 3.95. The molecule has 3 aromatic rings. The Bertz CT molecular complexity index is 924. The summed E-state index contributed by atoms with van der Waals surface area (Å²) in [6.45, 7) is 1.60. The van der Waals surface area contributed by atoms with E-state index in [1.807, 2.05) is 30.3 Å². The molecular formula is C17H15NO3S2. The lowest BCUT2D eigenvalue weighted by Gasteiger charge is -2.05. The lowest BCUT2D eigenvalue weighted by molar-refractivity contribution is 0.103. The van der Waals surface area contributed by atoms with Crippen LogP contribution in [-0.4, -0.2) is 20.1 Å². The number of thiophene rings is 1. The number of amides is 1. The summed E-state index contributed by atoms with van der Waals surface area (Å²) in [5.41, 5.74) is 0.572. The average Bonchev–Trinajstić information content (AvgIpc) is 2.99. The van der Waals surface area contributed by atoms with Crippen LogP contribution in [0.15, 0.2) is 59.5 Å². The van der Waals surface area contributed by atoms with Crippen LogP contribution in [0.1, 0.15) is 16.6 Å². The summed E-state index contributed by atoms with van der Waals surface area (Å²) < 4.78 is 24.6. The standard InChI is InChI=1S/C17H15NO3S2/c1-2-23(20,21)14-9-7-13(8-10-14)18-17(19)16-11-12-5-3-4-6-15(12)22-16/h3-11H,2H2,1H3,(H,18,19). The molecule has 0 atom stereocenters. The maximum absolute atomic E-state index is 12.3. The molecule has 0 fully saturated rings. The number of sulfone groups is 1. The summed E-state index contributed by atoms with van der Waals surface area (Å²) in [6.07, 6.45) is 0. The minimum absolute atomic E-state index is 0.0560. The third-order valence-corrected chi connectivity index (χ3v) is 6.37. The summed E-state index contributed by atoms with van der Waals surface area (Å²) in [5.74, 6) is -0.141. The summed E-state index contributed by atoms with van der Waals surface area (Å²) >= 11 is 1.43. The predicted molar refractivity (Wildman–Crippen MR) is 93.9 cm³/mol. The van der Waals surface area contributed by atoms with Crippen LogP contribution in [0.25, 0.3) is 10.1 Å². The highest BCUT2D eigenvalue weighted by molar-refractivity contribution is 7.91. The third kappa shape index (κ3) is 3.28. The second-order valence-electron chi connectivity index (χ2n) is 5.03. The monoisotopic (exact) mass is 345 g/mol. The van der Waals surface area contributed by atoms with Gasteiger partial charge in [0.2, 0.25) is 0 Å². The molecule has 0 saturated carbocycles. The Balaban J connectivity index is 1.80. The molecule has 1 amide bonds. The third-order valence-electron chi connectivity index (χ3n) is 3.50. The van der Waals surface area contributed by atoms with Crippen molar-refractivity contribution in [2.45, 2.75) is 11.8 Å². The van der Waals surface area contributed by atoms with E-state index < -0.39 is 9.84 Å². The van der Waals surface area contributed by atoms with Gasteiger partial charge in [-0.25, -0.2) is 8.42 Å². The number of carbonyl (C=O) groups is 1. The second kappa shape index (κ2) is 6.14. The molecule has 23 heavy (non-hydrogen) atoms. The second-order valence-corrected chi connectivity index (χ2v) is 8.39. The van der Waals surface area contributed by atoms with Gasteiger partial charge in [-0.15, -0.1) is 11.3 Å². The van der Waals surface area contributed by atoms with Crippen LogP contribution in [0.4, 0.5) is 5.69 Å². The van der Waals surface area contributed by atoms with Crippen LogP contribution in [0.2, 0.25) is 0 Å². The van der Waals surface area contributed by atoms with E-state index in [-0.39, 0.29) is 16.6 Å².